The number of anilines is 2. The van der Waals surface area contributed by atoms with Gasteiger partial charge in [0.15, 0.2) is 0 Å². The monoisotopic (exact) mass is 418 g/mol. The van der Waals surface area contributed by atoms with Crippen LogP contribution < -0.4 is 10.6 Å². The lowest BCUT2D eigenvalue weighted by atomic mass is 9.96. The Labute approximate surface area is 173 Å². The van der Waals surface area contributed by atoms with E-state index in [2.05, 4.69) is 10.6 Å². The second-order valence-electron chi connectivity index (χ2n) is 7.79. The fraction of sp³-hybridized carbons (Fsp3) is 0.391. The second kappa shape index (κ2) is 8.90. The highest BCUT2D eigenvalue weighted by atomic mass is 19.4. The minimum Gasteiger partial charge on any atom is -0.355 e. The normalized spacial score (nSPS) is 14.8. The molecule has 0 bridgehead atoms. The van der Waals surface area contributed by atoms with Crippen molar-refractivity contribution in [2.24, 2.45) is 5.41 Å². The Hall–Kier alpha value is -2.83. The molecule has 1 aliphatic rings. The molecule has 0 unspecified atom stereocenters. The first-order valence-electron chi connectivity index (χ1n) is 10.1. The lowest BCUT2D eigenvalue weighted by molar-refractivity contribution is -0.137. The number of benzene rings is 2. The molecule has 7 heteroatoms. The molecule has 1 aliphatic carbocycles. The van der Waals surface area contributed by atoms with Crippen LogP contribution in [0.4, 0.5) is 24.5 Å². The van der Waals surface area contributed by atoms with Gasteiger partial charge in [-0.25, -0.2) is 0 Å². The average Bonchev–Trinajstić information content (AvgIpc) is 3.47. The molecule has 30 heavy (non-hydrogen) atoms. The Kier molecular flexibility index (Phi) is 6.48. The van der Waals surface area contributed by atoms with Crippen molar-refractivity contribution in [1.82, 2.24) is 5.32 Å². The summed E-state index contributed by atoms with van der Waals surface area (Å²) in [6.45, 7) is 2.25. The topological polar surface area (TPSA) is 58.2 Å². The molecule has 160 valence electrons. The Morgan fingerprint density at radius 1 is 1.03 bits per heavy atom. The third kappa shape index (κ3) is 5.40. The summed E-state index contributed by atoms with van der Waals surface area (Å²) in [5.74, 6) is 0.0213. The van der Waals surface area contributed by atoms with Crippen molar-refractivity contribution in [1.29, 1.82) is 0 Å². The molecule has 0 heterocycles. The van der Waals surface area contributed by atoms with Gasteiger partial charge in [-0.15, -0.1) is 0 Å². The van der Waals surface area contributed by atoms with E-state index >= 15 is 0 Å². The number of hydrogen-bond donors (Lipinski definition) is 2. The predicted octanol–water partition coefficient (Wildman–Crippen LogP) is 5.60. The van der Waals surface area contributed by atoms with Crippen LogP contribution in [0.1, 0.15) is 50.2 Å². The van der Waals surface area contributed by atoms with E-state index in [4.69, 9.17) is 0 Å². The standard InChI is InChI=1S/C23H25F3N2O2/c1-2-5-18(29)14-22(12-13-22)21(30)27-15-16-8-10-17(11-9-16)28-20-7-4-3-6-19(20)23(24,25)26/h3-4,6-11,28H,2,5,12-15H2,1H3,(H,27,30). The molecule has 4 nitrogen and oxygen atoms in total. The zero-order valence-electron chi connectivity index (χ0n) is 16.8. The van der Waals surface area contributed by atoms with Crippen LogP contribution >= 0.6 is 0 Å². The van der Waals surface area contributed by atoms with Crippen molar-refractivity contribution in [3.8, 4) is 0 Å². The van der Waals surface area contributed by atoms with Gasteiger partial charge >= 0.3 is 6.18 Å². The molecule has 0 saturated heterocycles. The van der Waals surface area contributed by atoms with Crippen molar-refractivity contribution >= 4 is 23.1 Å². The van der Waals surface area contributed by atoms with E-state index in [1.165, 1.54) is 12.1 Å². The van der Waals surface area contributed by atoms with Crippen molar-refractivity contribution in [2.75, 3.05) is 5.32 Å². The first-order chi connectivity index (χ1) is 14.2. The quantitative estimate of drug-likeness (QED) is 0.557. The molecule has 0 atom stereocenters. The Bertz CT molecular complexity index is 903. The van der Waals surface area contributed by atoms with E-state index < -0.39 is 17.2 Å². The van der Waals surface area contributed by atoms with Gasteiger partial charge in [0.2, 0.25) is 5.91 Å². The van der Waals surface area contributed by atoms with Crippen LogP contribution in [0, 0.1) is 5.41 Å². The van der Waals surface area contributed by atoms with Gasteiger partial charge in [0.25, 0.3) is 0 Å². The van der Waals surface area contributed by atoms with E-state index in [-0.39, 0.29) is 17.4 Å². The zero-order chi connectivity index (χ0) is 21.8. The highest BCUT2D eigenvalue weighted by Gasteiger charge is 2.50. The number of para-hydroxylation sites is 1. The fourth-order valence-electron chi connectivity index (χ4n) is 3.45. The molecule has 0 radical (unpaired) electrons. The van der Waals surface area contributed by atoms with Crippen molar-refractivity contribution in [3.63, 3.8) is 0 Å². The number of Topliss-reactive ketones (excluding diaryl/α,β-unsaturated/α-hetero) is 1. The number of carbonyl (C=O) groups is 2. The molecule has 0 aliphatic heterocycles. The maximum absolute atomic E-state index is 13.1. The molecule has 2 aromatic rings. The van der Waals surface area contributed by atoms with Crippen LogP contribution in [0.5, 0.6) is 0 Å². The molecule has 1 fully saturated rings. The molecule has 2 aromatic carbocycles. The lowest BCUT2D eigenvalue weighted by Gasteiger charge is -2.16. The van der Waals surface area contributed by atoms with Crippen molar-refractivity contribution in [2.45, 2.75) is 51.7 Å². The minimum atomic E-state index is -4.44. The van der Waals surface area contributed by atoms with Crippen LogP contribution in [0.15, 0.2) is 48.5 Å². The number of hydrogen-bond acceptors (Lipinski definition) is 3. The SMILES string of the molecule is CCCC(=O)CC1(C(=O)NCc2ccc(Nc3ccccc3C(F)(F)F)cc2)CC1. The van der Waals surface area contributed by atoms with Crippen molar-refractivity contribution < 1.29 is 22.8 Å². The van der Waals surface area contributed by atoms with E-state index in [0.29, 0.717) is 25.1 Å². The van der Waals surface area contributed by atoms with E-state index in [1.54, 1.807) is 30.3 Å². The van der Waals surface area contributed by atoms with Gasteiger partial charge < -0.3 is 10.6 Å². The van der Waals surface area contributed by atoms with Crippen LogP contribution in [-0.4, -0.2) is 11.7 Å². The third-order valence-corrected chi connectivity index (χ3v) is 5.32. The first-order valence-corrected chi connectivity index (χ1v) is 10.1. The van der Waals surface area contributed by atoms with E-state index in [9.17, 15) is 22.8 Å². The summed E-state index contributed by atoms with van der Waals surface area (Å²) in [7, 11) is 0. The van der Waals surface area contributed by atoms with Crippen LogP contribution in [0.3, 0.4) is 0 Å². The van der Waals surface area contributed by atoms with Crippen LogP contribution in [0.2, 0.25) is 0 Å². The smallest absolute Gasteiger partial charge is 0.355 e. The van der Waals surface area contributed by atoms with Crippen LogP contribution in [0.25, 0.3) is 0 Å². The summed E-state index contributed by atoms with van der Waals surface area (Å²) in [6, 6.07) is 12.2. The maximum Gasteiger partial charge on any atom is 0.418 e. The predicted molar refractivity (Wildman–Crippen MR) is 109 cm³/mol. The molecule has 0 aromatic heterocycles. The molecule has 1 amide bonds. The fourth-order valence-corrected chi connectivity index (χ4v) is 3.45. The number of ketones is 1. The third-order valence-electron chi connectivity index (χ3n) is 5.32. The Morgan fingerprint density at radius 3 is 2.30 bits per heavy atom. The number of amides is 1. The number of halogens is 3. The molecule has 2 N–H and O–H groups in total. The number of rotatable bonds is 9. The number of alkyl halides is 3. The van der Waals surface area contributed by atoms with Crippen LogP contribution in [-0.2, 0) is 22.3 Å². The largest absolute Gasteiger partial charge is 0.418 e. The summed E-state index contributed by atoms with van der Waals surface area (Å²) in [5, 5.41) is 5.68. The van der Waals surface area contributed by atoms with E-state index in [1.807, 2.05) is 6.92 Å². The van der Waals surface area contributed by atoms with Gasteiger partial charge in [0, 0.05) is 25.1 Å². The summed E-state index contributed by atoms with van der Waals surface area (Å²) in [6.07, 6.45) is -1.39. The number of carbonyl (C=O) groups excluding carboxylic acids is 2. The first kappa shape index (κ1) is 21.9. The molecule has 1 saturated carbocycles. The molecular weight excluding hydrogens is 393 g/mol. The summed E-state index contributed by atoms with van der Waals surface area (Å²) < 4.78 is 39.3. The maximum atomic E-state index is 13.1. The van der Waals surface area contributed by atoms with Gasteiger partial charge in [0.1, 0.15) is 5.78 Å². The van der Waals surface area contributed by atoms with Gasteiger partial charge in [0.05, 0.1) is 16.7 Å². The van der Waals surface area contributed by atoms with Gasteiger partial charge in [-0.3, -0.25) is 9.59 Å². The minimum absolute atomic E-state index is 0.0153. The van der Waals surface area contributed by atoms with E-state index in [0.717, 1.165) is 30.9 Å². The number of nitrogens with one attached hydrogen (secondary N) is 2. The highest BCUT2D eigenvalue weighted by Crippen LogP contribution is 2.49. The summed E-state index contributed by atoms with van der Waals surface area (Å²) >= 11 is 0. The summed E-state index contributed by atoms with van der Waals surface area (Å²) in [5.41, 5.74) is 0.0566. The van der Waals surface area contributed by atoms with Gasteiger partial charge in [-0.05, 0) is 49.1 Å². The Morgan fingerprint density at radius 2 is 1.70 bits per heavy atom. The molecule has 3 rings (SSSR count). The zero-order valence-corrected chi connectivity index (χ0v) is 16.8. The van der Waals surface area contributed by atoms with Crippen molar-refractivity contribution in [3.05, 3.63) is 59.7 Å². The van der Waals surface area contributed by atoms with Gasteiger partial charge in [-0.2, -0.15) is 13.2 Å². The highest BCUT2D eigenvalue weighted by molar-refractivity contribution is 5.91. The average molecular weight is 418 g/mol. The summed E-state index contributed by atoms with van der Waals surface area (Å²) in [4.78, 5) is 24.4. The molecule has 0 spiro atoms. The van der Waals surface area contributed by atoms with Gasteiger partial charge in [-0.1, -0.05) is 31.2 Å². The molecular formula is C23H25F3N2O2. The lowest BCUT2D eigenvalue weighted by Crippen LogP contribution is -2.33. The second-order valence-corrected chi connectivity index (χ2v) is 7.79. The Balaban J connectivity index is 1.57.